The highest BCUT2D eigenvalue weighted by Crippen LogP contribution is 2.38. The number of rotatable bonds is 8. The van der Waals surface area contributed by atoms with Crippen molar-refractivity contribution in [2.75, 3.05) is 19.8 Å². The number of hydrogen-bond donors (Lipinski definition) is 0. The number of benzene rings is 1. The molecular weight excluding hydrogens is 422 g/mol. The van der Waals surface area contributed by atoms with Crippen molar-refractivity contribution < 1.29 is 13.2 Å². The van der Waals surface area contributed by atoms with Crippen molar-refractivity contribution in [3.63, 3.8) is 0 Å². The lowest BCUT2D eigenvalue weighted by atomic mass is 9.91. The van der Waals surface area contributed by atoms with Gasteiger partial charge >= 0.3 is 0 Å². The molecular formula is C25H33N3O3S. The van der Waals surface area contributed by atoms with Gasteiger partial charge in [0, 0.05) is 18.5 Å². The molecule has 0 spiro atoms. The monoisotopic (exact) mass is 455 g/mol. The summed E-state index contributed by atoms with van der Waals surface area (Å²) in [6.45, 7) is 2.05. The Morgan fingerprint density at radius 3 is 2.28 bits per heavy atom. The van der Waals surface area contributed by atoms with E-state index in [1.54, 1.807) is 6.07 Å². The first-order valence-corrected chi connectivity index (χ1v) is 13.6. The van der Waals surface area contributed by atoms with Crippen molar-refractivity contribution >= 4 is 15.6 Å². The average Bonchev–Trinajstić information content (AvgIpc) is 3.14. The van der Waals surface area contributed by atoms with Gasteiger partial charge in [-0.3, -0.25) is 9.48 Å². The Morgan fingerprint density at radius 2 is 1.72 bits per heavy atom. The van der Waals surface area contributed by atoms with E-state index in [2.05, 4.69) is 11.2 Å². The topological polar surface area (TPSA) is 72.3 Å². The number of carbonyl (C=O) groups is 1. The fourth-order valence-electron chi connectivity index (χ4n) is 5.41. The molecule has 1 aromatic carbocycles. The van der Waals surface area contributed by atoms with Gasteiger partial charge in [-0.1, -0.05) is 6.07 Å². The highest BCUT2D eigenvalue weighted by Gasteiger charge is 2.33. The quantitative estimate of drug-likeness (QED) is 0.610. The molecule has 3 aliphatic carbocycles. The van der Waals surface area contributed by atoms with Crippen LogP contribution in [0.25, 0.3) is 0 Å². The summed E-state index contributed by atoms with van der Waals surface area (Å²) in [5, 5.41) is 4.52. The first-order chi connectivity index (χ1) is 15.2. The molecule has 7 heteroatoms. The van der Waals surface area contributed by atoms with E-state index in [-0.39, 0.29) is 29.3 Å². The third-order valence-electron chi connectivity index (χ3n) is 7.48. The molecule has 1 saturated carbocycles. The lowest BCUT2D eigenvalue weighted by molar-refractivity contribution is -0.116. The smallest absolute Gasteiger partial charge is 0.204 e. The van der Waals surface area contributed by atoms with E-state index < -0.39 is 15.6 Å². The van der Waals surface area contributed by atoms with Crippen molar-refractivity contribution in [3.05, 3.63) is 45.6 Å². The van der Waals surface area contributed by atoms with Crippen LogP contribution in [0.15, 0.2) is 17.2 Å². The third kappa shape index (κ3) is 3.94. The Hall–Kier alpha value is -1.99. The molecule has 0 radical (unpaired) electrons. The van der Waals surface area contributed by atoms with Gasteiger partial charge in [0.2, 0.25) is 9.84 Å². The van der Waals surface area contributed by atoms with Crippen molar-refractivity contribution in [2.24, 2.45) is 0 Å². The van der Waals surface area contributed by atoms with Crippen LogP contribution in [0, 0.1) is 0 Å². The maximum atomic E-state index is 13.2. The minimum atomic E-state index is -3.77. The molecule has 0 amide bonds. The molecule has 3 aliphatic rings. The van der Waals surface area contributed by atoms with Crippen molar-refractivity contribution in [1.82, 2.24) is 14.7 Å². The summed E-state index contributed by atoms with van der Waals surface area (Å²) in [4.78, 5) is 15.1. The van der Waals surface area contributed by atoms with E-state index in [0.29, 0.717) is 0 Å². The van der Waals surface area contributed by atoms with E-state index in [4.69, 9.17) is 0 Å². The summed E-state index contributed by atoms with van der Waals surface area (Å²) in [6, 6.07) is 4.36. The molecule has 0 saturated heterocycles. The Bertz CT molecular complexity index is 1140. The van der Waals surface area contributed by atoms with E-state index in [0.717, 1.165) is 62.6 Å². The summed E-state index contributed by atoms with van der Waals surface area (Å²) < 4.78 is 28.3. The van der Waals surface area contributed by atoms with Crippen molar-refractivity contribution in [2.45, 2.75) is 81.8 Å². The molecule has 1 heterocycles. The molecule has 0 aliphatic heterocycles. The zero-order chi connectivity index (χ0) is 22.6. The van der Waals surface area contributed by atoms with Crippen LogP contribution in [0.5, 0.6) is 0 Å². The minimum absolute atomic E-state index is 0.0463. The van der Waals surface area contributed by atoms with Gasteiger partial charge in [-0.15, -0.1) is 0 Å². The number of ketones is 1. The summed E-state index contributed by atoms with van der Waals surface area (Å²) in [7, 11) is 0.177. The van der Waals surface area contributed by atoms with E-state index in [1.165, 1.54) is 22.3 Å². The van der Waals surface area contributed by atoms with Crippen LogP contribution in [0.4, 0.5) is 0 Å². The first kappa shape index (κ1) is 21.8. The largest absolute Gasteiger partial charge is 0.301 e. The fraction of sp³-hybridized carbons (Fsp3) is 0.600. The molecule has 2 aromatic rings. The predicted octanol–water partition coefficient (Wildman–Crippen LogP) is 3.40. The number of carbonyl (C=O) groups excluding carboxylic acids is 1. The average molecular weight is 456 g/mol. The molecule has 172 valence electrons. The van der Waals surface area contributed by atoms with Gasteiger partial charge < -0.3 is 4.90 Å². The van der Waals surface area contributed by atoms with Crippen LogP contribution < -0.4 is 0 Å². The van der Waals surface area contributed by atoms with Crippen LogP contribution in [-0.2, 0) is 46.7 Å². The van der Waals surface area contributed by atoms with Crippen LogP contribution >= 0.6 is 0 Å². The number of fused-ring (bicyclic) bond motifs is 2. The van der Waals surface area contributed by atoms with Gasteiger partial charge in [-0.25, -0.2) is 8.42 Å². The lowest BCUT2D eigenvalue weighted by Crippen LogP contribution is -2.20. The van der Waals surface area contributed by atoms with Gasteiger partial charge in [-0.2, -0.15) is 5.10 Å². The number of aromatic nitrogens is 2. The standard InChI is InChI=1S/C25H33N3O3S/c1-16(27(2)3)24-14-25(26-28(24)19-10-11-19)32(30,31)15-20(29)13-23-21-8-4-6-17(21)12-18-7-5-9-22(18)23/h12,14,16,19H,4-11,13,15H2,1-3H3. The fourth-order valence-corrected chi connectivity index (χ4v) is 6.59. The van der Waals surface area contributed by atoms with Gasteiger partial charge in [0.05, 0.1) is 11.7 Å². The SMILES string of the molecule is CC(c1cc(S(=O)(=O)CC(=O)Cc2c3c(cc4c2CCC4)CCC3)nn1C1CC1)N(C)C. The minimum Gasteiger partial charge on any atom is -0.301 e. The maximum absolute atomic E-state index is 13.2. The Balaban J connectivity index is 1.40. The number of nitrogens with zero attached hydrogens (tertiary/aromatic N) is 3. The second kappa shape index (κ2) is 8.10. The first-order valence-electron chi connectivity index (χ1n) is 11.9. The predicted molar refractivity (Wildman–Crippen MR) is 124 cm³/mol. The van der Waals surface area contributed by atoms with Crippen molar-refractivity contribution in [3.8, 4) is 0 Å². The molecule has 1 unspecified atom stereocenters. The Morgan fingerprint density at radius 1 is 1.09 bits per heavy atom. The van der Waals surface area contributed by atoms with Crippen LogP contribution in [0.3, 0.4) is 0 Å². The lowest BCUT2D eigenvalue weighted by Gasteiger charge is -2.20. The number of Topliss-reactive ketones (excluding diaryl/α,β-unsaturated/α-hetero) is 1. The van der Waals surface area contributed by atoms with Crippen LogP contribution in [0.1, 0.15) is 78.2 Å². The molecule has 6 nitrogen and oxygen atoms in total. The highest BCUT2D eigenvalue weighted by molar-refractivity contribution is 7.92. The number of hydrogen-bond acceptors (Lipinski definition) is 5. The maximum Gasteiger partial charge on any atom is 0.204 e. The summed E-state index contributed by atoms with van der Waals surface area (Å²) in [5.74, 6) is -0.689. The second-order valence-corrected chi connectivity index (χ2v) is 12.0. The van der Waals surface area contributed by atoms with Gasteiger partial charge in [0.1, 0.15) is 5.75 Å². The van der Waals surface area contributed by atoms with Crippen LogP contribution in [0.2, 0.25) is 0 Å². The Kier molecular flexibility index (Phi) is 5.53. The zero-order valence-corrected chi connectivity index (χ0v) is 20.2. The second-order valence-electron chi connectivity index (χ2n) is 10.0. The summed E-state index contributed by atoms with van der Waals surface area (Å²) in [6.07, 6.45) is 8.71. The number of sulfone groups is 1. The highest BCUT2D eigenvalue weighted by atomic mass is 32.2. The van der Waals surface area contributed by atoms with E-state index in [9.17, 15) is 13.2 Å². The number of aryl methyl sites for hydroxylation is 2. The van der Waals surface area contributed by atoms with Crippen LogP contribution in [-0.4, -0.2) is 48.7 Å². The van der Waals surface area contributed by atoms with Gasteiger partial charge in [0.25, 0.3) is 0 Å². The molecule has 1 atom stereocenters. The van der Waals surface area contributed by atoms with Gasteiger partial charge in [0.15, 0.2) is 10.8 Å². The molecule has 0 bridgehead atoms. The zero-order valence-electron chi connectivity index (χ0n) is 19.4. The van der Waals surface area contributed by atoms with Gasteiger partial charge in [-0.05, 0) is 100 Å². The normalized spacial score (nSPS) is 18.8. The summed E-state index contributed by atoms with van der Waals surface area (Å²) in [5.41, 5.74) is 7.43. The molecule has 1 fully saturated rings. The third-order valence-corrected chi connectivity index (χ3v) is 9.02. The van der Waals surface area contributed by atoms with Crippen molar-refractivity contribution in [1.29, 1.82) is 0 Å². The molecule has 0 N–H and O–H groups in total. The van der Waals surface area contributed by atoms with E-state index in [1.807, 2.05) is 30.6 Å². The Labute approximate surface area is 190 Å². The molecule has 1 aromatic heterocycles. The van der Waals surface area contributed by atoms with E-state index >= 15 is 0 Å². The summed E-state index contributed by atoms with van der Waals surface area (Å²) >= 11 is 0. The molecule has 5 rings (SSSR count). The molecule has 32 heavy (non-hydrogen) atoms.